The molecule has 3 N–H and O–H groups in total. The van der Waals surface area contributed by atoms with Crippen molar-refractivity contribution in [3.8, 4) is 11.5 Å². The highest BCUT2D eigenvalue weighted by Crippen LogP contribution is 2.43. The maximum absolute atomic E-state index is 14.0. The highest BCUT2D eigenvalue weighted by atomic mass is 19.1. The fourth-order valence-electron chi connectivity index (χ4n) is 2.47. The van der Waals surface area contributed by atoms with E-state index in [0.717, 1.165) is 0 Å². The molecule has 0 saturated heterocycles. The minimum atomic E-state index is -0.595. The second kappa shape index (κ2) is 6.23. The summed E-state index contributed by atoms with van der Waals surface area (Å²) in [6, 6.07) is 5.68. The number of hydrogen-bond donors (Lipinski definition) is 2. The Hall–Kier alpha value is -3.03. The van der Waals surface area contributed by atoms with E-state index in [1.54, 1.807) is 19.9 Å². The molecule has 0 radical (unpaired) electrons. The second-order valence-corrected chi connectivity index (χ2v) is 5.19. The lowest BCUT2D eigenvalue weighted by molar-refractivity contribution is 0.158. The average molecular weight is 332 g/mol. The number of ether oxygens (including phenoxy) is 2. The Bertz CT molecular complexity index is 784. The Morgan fingerprint density at radius 2 is 2.21 bits per heavy atom. The van der Waals surface area contributed by atoms with E-state index in [2.05, 4.69) is 10.3 Å². The number of hydrogen-bond acceptors (Lipinski definition) is 6. The van der Waals surface area contributed by atoms with Gasteiger partial charge in [-0.1, -0.05) is 0 Å². The van der Waals surface area contributed by atoms with Crippen molar-refractivity contribution in [3.05, 3.63) is 36.3 Å². The van der Waals surface area contributed by atoms with Crippen LogP contribution in [-0.4, -0.2) is 23.8 Å². The molecule has 1 aromatic heterocycles. The zero-order valence-electron chi connectivity index (χ0n) is 13.2. The first-order chi connectivity index (χ1) is 11.5. The fraction of sp³-hybridized carbons (Fsp3) is 0.250. The maximum atomic E-state index is 14.0. The molecule has 1 amide bonds. The molecule has 3 rings (SSSR count). The number of rotatable bonds is 3. The number of carbonyl (C=O) groups excluding carboxylic acids is 1. The highest BCUT2D eigenvalue weighted by molar-refractivity contribution is 5.97. The number of amides is 1. The zero-order valence-corrected chi connectivity index (χ0v) is 13.2. The minimum Gasteiger partial charge on any atom is -0.452 e. The fourth-order valence-corrected chi connectivity index (χ4v) is 2.47. The number of anilines is 3. The van der Waals surface area contributed by atoms with Gasteiger partial charge in [-0.05, 0) is 26.0 Å². The van der Waals surface area contributed by atoms with Gasteiger partial charge in [0.1, 0.15) is 11.9 Å². The van der Waals surface area contributed by atoms with Crippen molar-refractivity contribution in [2.24, 2.45) is 0 Å². The highest BCUT2D eigenvalue weighted by Gasteiger charge is 2.36. The summed E-state index contributed by atoms with van der Waals surface area (Å²) >= 11 is 0. The molecular weight excluding hydrogens is 315 g/mol. The second-order valence-electron chi connectivity index (χ2n) is 5.19. The molecule has 0 saturated carbocycles. The van der Waals surface area contributed by atoms with Crippen molar-refractivity contribution in [2.75, 3.05) is 22.6 Å². The molecule has 1 aliphatic rings. The van der Waals surface area contributed by atoms with Gasteiger partial charge in [0.15, 0.2) is 23.1 Å². The molecule has 0 spiro atoms. The van der Waals surface area contributed by atoms with Crippen LogP contribution in [0.1, 0.15) is 13.8 Å². The summed E-state index contributed by atoms with van der Waals surface area (Å²) in [5.74, 6) is 0.153. The smallest absolute Gasteiger partial charge is 0.416 e. The molecule has 7 nitrogen and oxygen atoms in total. The number of nitrogens with one attached hydrogen (secondary N) is 1. The van der Waals surface area contributed by atoms with E-state index in [4.69, 9.17) is 15.2 Å². The van der Waals surface area contributed by atoms with Gasteiger partial charge in [-0.3, -0.25) is 0 Å². The van der Waals surface area contributed by atoms with Gasteiger partial charge in [-0.25, -0.2) is 19.1 Å². The van der Waals surface area contributed by atoms with Crippen molar-refractivity contribution in [3.63, 3.8) is 0 Å². The first-order valence-electron chi connectivity index (χ1n) is 7.45. The predicted molar refractivity (Wildman–Crippen MR) is 87.7 cm³/mol. The Kier molecular flexibility index (Phi) is 4.11. The molecule has 1 unspecified atom stereocenters. The van der Waals surface area contributed by atoms with Crippen molar-refractivity contribution in [2.45, 2.75) is 20.0 Å². The number of nitrogens with zero attached hydrogens (tertiary/aromatic N) is 2. The summed E-state index contributed by atoms with van der Waals surface area (Å²) in [4.78, 5) is 17.8. The summed E-state index contributed by atoms with van der Waals surface area (Å²) in [6.45, 7) is 3.74. The van der Waals surface area contributed by atoms with E-state index >= 15 is 0 Å². The normalized spacial score (nSPS) is 15.6. The Morgan fingerprint density at radius 1 is 1.42 bits per heavy atom. The molecule has 1 atom stereocenters. The standard InChI is InChI=1S/C16H17FN4O3/c1-3-23-16(22)21-9(2)20-15-14(21)13(6-7-19-15)24-12-5-4-10(18)8-11(12)17/h4-9H,3,18H2,1-2H3,(H,19,20). The molecule has 8 heteroatoms. The Morgan fingerprint density at radius 3 is 2.92 bits per heavy atom. The van der Waals surface area contributed by atoms with E-state index < -0.39 is 11.9 Å². The number of fused-ring (bicyclic) bond motifs is 1. The van der Waals surface area contributed by atoms with Crippen LogP contribution in [0.25, 0.3) is 0 Å². The molecule has 1 aliphatic heterocycles. The van der Waals surface area contributed by atoms with Crippen LogP contribution in [-0.2, 0) is 4.74 Å². The Balaban J connectivity index is 1.99. The van der Waals surface area contributed by atoms with Crippen LogP contribution in [0.3, 0.4) is 0 Å². The molecule has 2 heterocycles. The lowest BCUT2D eigenvalue weighted by Gasteiger charge is -2.22. The molecule has 0 fully saturated rings. The van der Waals surface area contributed by atoms with E-state index in [1.165, 1.54) is 29.3 Å². The van der Waals surface area contributed by atoms with Crippen LogP contribution in [0.15, 0.2) is 30.5 Å². The molecular formula is C16H17FN4O3. The molecule has 0 bridgehead atoms. The van der Waals surface area contributed by atoms with Gasteiger partial charge >= 0.3 is 6.09 Å². The number of halogens is 1. The number of aromatic nitrogens is 1. The van der Waals surface area contributed by atoms with Gasteiger partial charge in [0.05, 0.1) is 6.61 Å². The SMILES string of the molecule is CCOC(=O)N1c2c(Oc3ccc(N)cc3F)ccnc2NC1C. The minimum absolute atomic E-state index is 0.000891. The average Bonchev–Trinajstić information content (AvgIpc) is 2.87. The summed E-state index contributed by atoms with van der Waals surface area (Å²) in [6.07, 6.45) is 0.608. The molecule has 1 aromatic carbocycles. The Labute approximate surface area is 138 Å². The van der Waals surface area contributed by atoms with Crippen molar-refractivity contribution >= 4 is 23.3 Å². The summed E-state index contributed by atoms with van der Waals surface area (Å²) in [7, 11) is 0. The number of benzene rings is 1. The summed E-state index contributed by atoms with van der Waals surface area (Å²) in [5, 5.41) is 3.06. The zero-order chi connectivity index (χ0) is 17.3. The van der Waals surface area contributed by atoms with Crippen LogP contribution in [0.2, 0.25) is 0 Å². The number of pyridine rings is 1. The van der Waals surface area contributed by atoms with Crippen LogP contribution < -0.4 is 20.7 Å². The number of carbonyl (C=O) groups is 1. The third kappa shape index (κ3) is 2.78. The van der Waals surface area contributed by atoms with Gasteiger partial charge in [0, 0.05) is 24.0 Å². The maximum Gasteiger partial charge on any atom is 0.416 e. The van der Waals surface area contributed by atoms with Gasteiger partial charge in [0.2, 0.25) is 0 Å². The molecule has 24 heavy (non-hydrogen) atoms. The van der Waals surface area contributed by atoms with Gasteiger partial charge in [0.25, 0.3) is 0 Å². The first-order valence-corrected chi connectivity index (χ1v) is 7.45. The number of nitrogen functional groups attached to an aromatic ring is 1. The van der Waals surface area contributed by atoms with E-state index in [1.807, 2.05) is 0 Å². The monoisotopic (exact) mass is 332 g/mol. The molecule has 2 aromatic rings. The van der Waals surface area contributed by atoms with Crippen molar-refractivity contribution < 1.29 is 18.7 Å². The van der Waals surface area contributed by atoms with Gasteiger partial charge < -0.3 is 20.5 Å². The molecule has 126 valence electrons. The predicted octanol–water partition coefficient (Wildman–Crippen LogP) is 3.33. The van der Waals surface area contributed by atoms with Crippen LogP contribution >= 0.6 is 0 Å². The van der Waals surface area contributed by atoms with E-state index in [9.17, 15) is 9.18 Å². The van der Waals surface area contributed by atoms with Crippen LogP contribution in [0.5, 0.6) is 11.5 Å². The van der Waals surface area contributed by atoms with Crippen LogP contribution in [0.4, 0.5) is 26.4 Å². The van der Waals surface area contributed by atoms with Gasteiger partial charge in [-0.2, -0.15) is 0 Å². The summed E-state index contributed by atoms with van der Waals surface area (Å²) < 4.78 is 24.7. The lowest BCUT2D eigenvalue weighted by Crippen LogP contribution is -2.38. The largest absolute Gasteiger partial charge is 0.452 e. The van der Waals surface area contributed by atoms with Crippen molar-refractivity contribution in [1.82, 2.24) is 4.98 Å². The number of nitrogens with two attached hydrogens (primary N) is 1. The quantitative estimate of drug-likeness (QED) is 0.838. The topological polar surface area (TPSA) is 89.7 Å². The van der Waals surface area contributed by atoms with Gasteiger partial charge in [-0.15, -0.1) is 0 Å². The van der Waals surface area contributed by atoms with Crippen LogP contribution in [0, 0.1) is 5.82 Å². The van der Waals surface area contributed by atoms with E-state index in [0.29, 0.717) is 17.2 Å². The third-order valence-electron chi connectivity index (χ3n) is 3.50. The first kappa shape index (κ1) is 15.9. The summed E-state index contributed by atoms with van der Waals surface area (Å²) in [5.41, 5.74) is 6.24. The van der Waals surface area contributed by atoms with E-state index in [-0.39, 0.29) is 24.3 Å². The third-order valence-corrected chi connectivity index (χ3v) is 3.50. The van der Waals surface area contributed by atoms with Crippen molar-refractivity contribution in [1.29, 1.82) is 0 Å². The molecule has 0 aliphatic carbocycles. The lowest BCUT2D eigenvalue weighted by atomic mass is 10.3.